The molecule has 1 aromatic heterocycles. The molecule has 0 spiro atoms. The van der Waals surface area contributed by atoms with Crippen LogP contribution in [-0.4, -0.2) is 42.5 Å². The number of aryl methyl sites for hydroxylation is 1. The number of hydrogen-bond acceptors (Lipinski definition) is 4. The quantitative estimate of drug-likeness (QED) is 0.619. The summed E-state index contributed by atoms with van der Waals surface area (Å²) in [5.74, 6) is 1.57. The molecule has 2 heterocycles. The van der Waals surface area contributed by atoms with Crippen molar-refractivity contribution >= 4 is 11.0 Å². The van der Waals surface area contributed by atoms with E-state index in [2.05, 4.69) is 42.7 Å². The van der Waals surface area contributed by atoms with Crippen molar-refractivity contribution in [2.75, 3.05) is 32.7 Å². The summed E-state index contributed by atoms with van der Waals surface area (Å²) in [5, 5.41) is 1.07. The van der Waals surface area contributed by atoms with Crippen molar-refractivity contribution < 1.29 is 4.42 Å². The standard InChI is InChI=1S/C24H36N2O2/c1-5-25(16-18(2)3)11-8-20-9-12-26(13-10-20)17-21-15-24(27)28-23-14-19(4)6-7-22(21)23/h6-7,14-15,18,20H,5,8-13,16-17H2,1-4H3. The number of piperidine rings is 1. The van der Waals surface area contributed by atoms with Gasteiger partial charge in [0.25, 0.3) is 0 Å². The first kappa shape index (κ1) is 21.1. The summed E-state index contributed by atoms with van der Waals surface area (Å²) in [4.78, 5) is 17.1. The number of likely N-dealkylation sites (tertiary alicyclic amines) is 1. The van der Waals surface area contributed by atoms with Crippen LogP contribution in [0.2, 0.25) is 0 Å². The van der Waals surface area contributed by atoms with Crippen LogP contribution >= 0.6 is 0 Å². The second kappa shape index (κ2) is 9.71. The molecule has 0 atom stereocenters. The Hall–Kier alpha value is -1.65. The highest BCUT2D eigenvalue weighted by Gasteiger charge is 2.21. The summed E-state index contributed by atoms with van der Waals surface area (Å²) in [5.41, 5.74) is 2.68. The summed E-state index contributed by atoms with van der Waals surface area (Å²) in [6.45, 7) is 15.6. The Kier molecular flexibility index (Phi) is 7.30. The van der Waals surface area contributed by atoms with Gasteiger partial charge in [-0.05, 0) is 81.4 Å². The van der Waals surface area contributed by atoms with Gasteiger partial charge in [0.2, 0.25) is 0 Å². The average molecular weight is 385 g/mol. The average Bonchev–Trinajstić information content (AvgIpc) is 2.65. The van der Waals surface area contributed by atoms with Crippen LogP contribution in [0.1, 0.15) is 51.2 Å². The van der Waals surface area contributed by atoms with Crippen LogP contribution in [-0.2, 0) is 6.54 Å². The van der Waals surface area contributed by atoms with E-state index in [-0.39, 0.29) is 5.63 Å². The third-order valence-electron chi connectivity index (χ3n) is 6.01. The molecule has 0 saturated carbocycles. The van der Waals surface area contributed by atoms with Crippen molar-refractivity contribution in [1.82, 2.24) is 9.80 Å². The summed E-state index contributed by atoms with van der Waals surface area (Å²) >= 11 is 0. The normalized spacial score (nSPS) is 16.5. The third-order valence-corrected chi connectivity index (χ3v) is 6.01. The van der Waals surface area contributed by atoms with E-state index in [1.807, 2.05) is 13.0 Å². The van der Waals surface area contributed by atoms with Crippen molar-refractivity contribution in [2.24, 2.45) is 11.8 Å². The van der Waals surface area contributed by atoms with Gasteiger partial charge in [-0.3, -0.25) is 4.90 Å². The van der Waals surface area contributed by atoms with Crippen LogP contribution in [0.3, 0.4) is 0 Å². The van der Waals surface area contributed by atoms with E-state index in [1.165, 1.54) is 32.4 Å². The Labute approximate surface area is 169 Å². The molecule has 0 N–H and O–H groups in total. The van der Waals surface area contributed by atoms with E-state index in [1.54, 1.807) is 6.07 Å². The van der Waals surface area contributed by atoms with E-state index in [4.69, 9.17) is 4.42 Å². The Morgan fingerprint density at radius 2 is 1.96 bits per heavy atom. The highest BCUT2D eigenvalue weighted by molar-refractivity contribution is 5.80. The fourth-order valence-electron chi connectivity index (χ4n) is 4.40. The lowest BCUT2D eigenvalue weighted by molar-refractivity contribution is 0.156. The first-order valence-electron chi connectivity index (χ1n) is 10.9. The lowest BCUT2D eigenvalue weighted by atomic mass is 9.93. The van der Waals surface area contributed by atoms with Crippen molar-refractivity contribution in [3.8, 4) is 0 Å². The van der Waals surface area contributed by atoms with E-state index in [0.29, 0.717) is 5.58 Å². The second-order valence-corrected chi connectivity index (χ2v) is 8.89. The predicted octanol–water partition coefficient (Wildman–Crippen LogP) is 4.68. The molecule has 0 unspecified atom stereocenters. The predicted molar refractivity (Wildman–Crippen MR) is 117 cm³/mol. The molecule has 1 aromatic carbocycles. The van der Waals surface area contributed by atoms with Gasteiger partial charge in [0.05, 0.1) is 0 Å². The molecule has 154 valence electrons. The molecule has 3 rings (SSSR count). The molecule has 1 fully saturated rings. The van der Waals surface area contributed by atoms with Gasteiger partial charge >= 0.3 is 5.63 Å². The summed E-state index contributed by atoms with van der Waals surface area (Å²) in [6.07, 6.45) is 3.83. The zero-order valence-electron chi connectivity index (χ0n) is 18.0. The van der Waals surface area contributed by atoms with Crippen LogP contribution in [0.15, 0.2) is 33.5 Å². The Balaban J connectivity index is 1.55. The minimum atomic E-state index is -0.243. The molecular formula is C24H36N2O2. The molecule has 0 amide bonds. The van der Waals surface area contributed by atoms with Crippen LogP contribution in [0, 0.1) is 18.8 Å². The summed E-state index contributed by atoms with van der Waals surface area (Å²) in [6, 6.07) is 7.82. The number of rotatable bonds is 8. The van der Waals surface area contributed by atoms with Crippen molar-refractivity contribution in [3.05, 3.63) is 45.8 Å². The Morgan fingerprint density at radius 3 is 2.64 bits per heavy atom. The summed E-state index contributed by atoms with van der Waals surface area (Å²) < 4.78 is 5.40. The number of benzene rings is 1. The number of nitrogens with zero attached hydrogens (tertiary/aromatic N) is 2. The summed E-state index contributed by atoms with van der Waals surface area (Å²) in [7, 11) is 0. The fourth-order valence-corrected chi connectivity index (χ4v) is 4.40. The van der Waals surface area contributed by atoms with Crippen LogP contribution < -0.4 is 5.63 Å². The van der Waals surface area contributed by atoms with Crippen molar-refractivity contribution in [2.45, 2.75) is 53.5 Å². The SMILES string of the molecule is CCN(CCC1CCN(Cc2cc(=O)oc3cc(C)ccc23)CC1)CC(C)C. The molecule has 1 aliphatic heterocycles. The molecular weight excluding hydrogens is 348 g/mol. The number of hydrogen-bond donors (Lipinski definition) is 0. The van der Waals surface area contributed by atoms with E-state index < -0.39 is 0 Å². The first-order chi connectivity index (χ1) is 13.4. The first-order valence-corrected chi connectivity index (χ1v) is 10.9. The van der Waals surface area contributed by atoms with E-state index >= 15 is 0 Å². The third kappa shape index (κ3) is 5.68. The van der Waals surface area contributed by atoms with Gasteiger partial charge in [-0.15, -0.1) is 0 Å². The van der Waals surface area contributed by atoms with Gasteiger partial charge < -0.3 is 9.32 Å². The lowest BCUT2D eigenvalue weighted by Gasteiger charge is -2.33. The van der Waals surface area contributed by atoms with Crippen LogP contribution in [0.5, 0.6) is 0 Å². The topological polar surface area (TPSA) is 36.7 Å². The largest absolute Gasteiger partial charge is 0.423 e. The molecule has 4 nitrogen and oxygen atoms in total. The molecule has 1 saturated heterocycles. The minimum Gasteiger partial charge on any atom is -0.423 e. The van der Waals surface area contributed by atoms with Gasteiger partial charge in [-0.1, -0.05) is 32.9 Å². The fraction of sp³-hybridized carbons (Fsp3) is 0.625. The maximum Gasteiger partial charge on any atom is 0.336 e. The Bertz CT molecular complexity index is 819. The molecule has 1 aliphatic rings. The van der Waals surface area contributed by atoms with Crippen molar-refractivity contribution in [1.29, 1.82) is 0 Å². The molecule has 28 heavy (non-hydrogen) atoms. The Morgan fingerprint density at radius 1 is 1.21 bits per heavy atom. The smallest absolute Gasteiger partial charge is 0.336 e. The molecule has 0 bridgehead atoms. The van der Waals surface area contributed by atoms with Crippen molar-refractivity contribution in [3.63, 3.8) is 0 Å². The molecule has 0 radical (unpaired) electrons. The van der Waals surface area contributed by atoms with Gasteiger partial charge in [0.15, 0.2) is 0 Å². The van der Waals surface area contributed by atoms with E-state index in [0.717, 1.165) is 54.5 Å². The van der Waals surface area contributed by atoms with Gasteiger partial charge in [-0.25, -0.2) is 4.79 Å². The molecule has 0 aliphatic carbocycles. The minimum absolute atomic E-state index is 0.243. The number of fused-ring (bicyclic) bond motifs is 1. The van der Waals surface area contributed by atoms with Gasteiger partial charge in [0, 0.05) is 24.5 Å². The highest BCUT2D eigenvalue weighted by Crippen LogP contribution is 2.25. The van der Waals surface area contributed by atoms with Gasteiger partial charge in [-0.2, -0.15) is 0 Å². The monoisotopic (exact) mass is 384 g/mol. The maximum absolute atomic E-state index is 12.0. The van der Waals surface area contributed by atoms with Crippen LogP contribution in [0.4, 0.5) is 0 Å². The molecule has 2 aromatic rings. The van der Waals surface area contributed by atoms with Crippen LogP contribution in [0.25, 0.3) is 11.0 Å². The zero-order valence-corrected chi connectivity index (χ0v) is 18.0. The van der Waals surface area contributed by atoms with Gasteiger partial charge in [0.1, 0.15) is 5.58 Å². The highest BCUT2D eigenvalue weighted by atomic mass is 16.4. The van der Waals surface area contributed by atoms with E-state index in [9.17, 15) is 4.79 Å². The maximum atomic E-state index is 12.0. The lowest BCUT2D eigenvalue weighted by Crippen LogP contribution is -2.35. The zero-order chi connectivity index (χ0) is 20.1. The second-order valence-electron chi connectivity index (χ2n) is 8.89. The molecule has 4 heteroatoms.